The fourth-order valence-corrected chi connectivity index (χ4v) is 4.37. The summed E-state index contributed by atoms with van der Waals surface area (Å²) >= 11 is 1.73. The Morgan fingerprint density at radius 1 is 1.04 bits per heavy atom. The third kappa shape index (κ3) is 3.02. The summed E-state index contributed by atoms with van der Waals surface area (Å²) in [5.41, 5.74) is 2.56. The van der Waals surface area contributed by atoms with Gasteiger partial charge in [-0.3, -0.25) is 4.79 Å². The summed E-state index contributed by atoms with van der Waals surface area (Å²) in [7, 11) is 0. The lowest BCUT2D eigenvalue weighted by Crippen LogP contribution is -2.84. The predicted molar refractivity (Wildman–Crippen MR) is 110 cm³/mol. The third-order valence-electron chi connectivity index (χ3n) is 4.84. The van der Waals surface area contributed by atoms with E-state index in [2.05, 4.69) is 39.9 Å². The summed E-state index contributed by atoms with van der Waals surface area (Å²) in [6.07, 6.45) is 0. The molecule has 28 heavy (non-hydrogen) atoms. The number of hydrogen-bond donors (Lipinski definition) is 2. The van der Waals surface area contributed by atoms with Gasteiger partial charge in [0.25, 0.3) is 5.56 Å². The van der Waals surface area contributed by atoms with Gasteiger partial charge in [0.2, 0.25) is 5.58 Å². The number of nitrogens with zero attached hydrogens (tertiary/aromatic N) is 1. The van der Waals surface area contributed by atoms with Crippen molar-refractivity contribution >= 4 is 33.4 Å². The molecule has 138 valence electrons. The monoisotopic (exact) mass is 388 g/mol. The highest BCUT2D eigenvalue weighted by Gasteiger charge is 2.20. The van der Waals surface area contributed by atoms with Gasteiger partial charge in [0.1, 0.15) is 23.7 Å². The van der Waals surface area contributed by atoms with Crippen LogP contribution >= 0.6 is 11.3 Å². The average molecular weight is 388 g/mol. The minimum Gasteiger partial charge on any atom is -0.449 e. The van der Waals surface area contributed by atoms with Gasteiger partial charge in [0.05, 0.1) is 4.88 Å². The lowest BCUT2D eigenvalue weighted by atomic mass is 10.1. The van der Waals surface area contributed by atoms with E-state index >= 15 is 0 Å². The predicted octanol–water partition coefficient (Wildman–Crippen LogP) is 3.58. The number of fused-ring (bicyclic) bond motifs is 3. The molecule has 0 amide bonds. The molecule has 0 saturated carbocycles. The van der Waals surface area contributed by atoms with Crippen molar-refractivity contribution in [2.45, 2.75) is 12.6 Å². The fourth-order valence-electron chi connectivity index (χ4n) is 3.52. The molecule has 0 aliphatic rings. The number of benzene rings is 2. The number of furan rings is 1. The molecule has 0 fully saturated rings. The van der Waals surface area contributed by atoms with E-state index in [4.69, 9.17) is 9.40 Å². The Labute approximate surface area is 164 Å². The van der Waals surface area contributed by atoms with Crippen molar-refractivity contribution < 1.29 is 9.73 Å². The van der Waals surface area contributed by atoms with Gasteiger partial charge in [-0.1, -0.05) is 48.5 Å². The number of aromatic amines is 1. The molecule has 5 nitrogen and oxygen atoms in total. The van der Waals surface area contributed by atoms with Gasteiger partial charge in [0, 0.05) is 10.9 Å². The van der Waals surface area contributed by atoms with Crippen LogP contribution in [-0.2, 0) is 6.54 Å². The van der Waals surface area contributed by atoms with E-state index in [1.165, 1.54) is 10.4 Å². The minimum atomic E-state index is -0.239. The van der Waals surface area contributed by atoms with E-state index in [1.807, 2.05) is 42.5 Å². The summed E-state index contributed by atoms with van der Waals surface area (Å²) in [5.74, 6) is 0.640. The van der Waals surface area contributed by atoms with E-state index in [0.717, 1.165) is 5.39 Å². The van der Waals surface area contributed by atoms with Gasteiger partial charge in [0.15, 0.2) is 5.82 Å². The van der Waals surface area contributed by atoms with Crippen LogP contribution in [-0.4, -0.2) is 9.97 Å². The number of nitrogens with two attached hydrogens (primary N) is 1. The van der Waals surface area contributed by atoms with Crippen LogP contribution in [0.4, 0.5) is 0 Å². The van der Waals surface area contributed by atoms with Crippen LogP contribution < -0.4 is 10.9 Å². The van der Waals surface area contributed by atoms with Crippen LogP contribution in [0.25, 0.3) is 22.1 Å². The second-order valence-corrected chi connectivity index (χ2v) is 7.61. The Morgan fingerprint density at radius 3 is 2.68 bits per heavy atom. The Balaban J connectivity index is 1.50. The van der Waals surface area contributed by atoms with E-state index in [0.29, 0.717) is 23.5 Å². The zero-order chi connectivity index (χ0) is 18.9. The van der Waals surface area contributed by atoms with Crippen molar-refractivity contribution in [3.8, 4) is 0 Å². The molecule has 3 N–H and O–H groups in total. The van der Waals surface area contributed by atoms with Crippen LogP contribution in [0, 0.1) is 0 Å². The Hall–Kier alpha value is -3.22. The highest BCUT2D eigenvalue weighted by molar-refractivity contribution is 7.10. The molecule has 5 rings (SSSR count). The quantitative estimate of drug-likeness (QED) is 0.483. The van der Waals surface area contributed by atoms with Crippen molar-refractivity contribution in [1.29, 1.82) is 0 Å². The van der Waals surface area contributed by atoms with E-state index in [9.17, 15) is 4.79 Å². The Morgan fingerprint density at radius 2 is 1.86 bits per heavy atom. The molecule has 0 radical (unpaired) electrons. The number of rotatable bonds is 5. The zero-order valence-electron chi connectivity index (χ0n) is 15.0. The number of nitrogens with one attached hydrogen (secondary N) is 1. The van der Waals surface area contributed by atoms with Gasteiger partial charge in [-0.2, -0.15) is 0 Å². The van der Waals surface area contributed by atoms with Crippen molar-refractivity contribution in [2.75, 3.05) is 0 Å². The molecular weight excluding hydrogens is 370 g/mol. The summed E-state index contributed by atoms with van der Waals surface area (Å²) in [5, 5.41) is 5.15. The van der Waals surface area contributed by atoms with Gasteiger partial charge in [-0.15, -0.1) is 11.3 Å². The summed E-state index contributed by atoms with van der Waals surface area (Å²) in [4.78, 5) is 21.3. The molecule has 0 saturated heterocycles. The summed E-state index contributed by atoms with van der Waals surface area (Å²) < 4.78 is 5.68. The van der Waals surface area contributed by atoms with Crippen LogP contribution in [0.2, 0.25) is 0 Å². The molecule has 0 unspecified atom stereocenters. The van der Waals surface area contributed by atoms with Gasteiger partial charge in [-0.05, 0) is 23.6 Å². The first kappa shape index (κ1) is 16.9. The van der Waals surface area contributed by atoms with Gasteiger partial charge >= 0.3 is 0 Å². The highest BCUT2D eigenvalue weighted by Crippen LogP contribution is 2.25. The second-order valence-electron chi connectivity index (χ2n) is 6.63. The first-order valence-electron chi connectivity index (χ1n) is 9.12. The molecule has 0 aliphatic heterocycles. The van der Waals surface area contributed by atoms with Gasteiger partial charge in [-0.25, -0.2) is 4.98 Å². The van der Waals surface area contributed by atoms with Crippen molar-refractivity contribution in [3.05, 3.63) is 98.7 Å². The maximum absolute atomic E-state index is 12.5. The van der Waals surface area contributed by atoms with Crippen LogP contribution in [0.5, 0.6) is 0 Å². The first-order valence-corrected chi connectivity index (χ1v) is 9.99. The number of thiophene rings is 1. The minimum absolute atomic E-state index is 0.156. The van der Waals surface area contributed by atoms with Crippen molar-refractivity contribution in [1.82, 2.24) is 9.97 Å². The normalized spacial score (nSPS) is 12.6. The summed E-state index contributed by atoms with van der Waals surface area (Å²) in [6.45, 7) is 0.558. The zero-order valence-corrected chi connectivity index (χ0v) is 15.8. The van der Waals surface area contributed by atoms with Gasteiger partial charge < -0.3 is 14.7 Å². The molecule has 3 heterocycles. The lowest BCUT2D eigenvalue weighted by molar-refractivity contribution is -0.702. The van der Waals surface area contributed by atoms with Crippen LogP contribution in [0.3, 0.4) is 0 Å². The molecule has 2 aromatic carbocycles. The summed E-state index contributed by atoms with van der Waals surface area (Å²) in [6, 6.07) is 22.3. The number of aromatic nitrogens is 2. The maximum Gasteiger partial charge on any atom is 0.294 e. The SMILES string of the molecule is O=c1[nH]c(C[NH2+][C@@H](c2ccccc2)c2cccs2)nc2c1oc1ccccc12. The van der Waals surface area contributed by atoms with Crippen molar-refractivity contribution in [2.24, 2.45) is 0 Å². The number of para-hydroxylation sites is 1. The number of hydrogen-bond acceptors (Lipinski definition) is 4. The number of H-pyrrole nitrogens is 1. The smallest absolute Gasteiger partial charge is 0.294 e. The molecule has 0 spiro atoms. The molecule has 0 aliphatic carbocycles. The van der Waals surface area contributed by atoms with E-state index in [1.54, 1.807) is 11.3 Å². The standard InChI is InChI=1S/C22H17N3O2S/c26-22-21-20(15-9-4-5-10-16(15)27-21)24-18(25-22)13-23-19(17-11-6-12-28-17)14-7-2-1-3-8-14/h1-12,19,23H,13H2,(H,24,25,26)/p+1/t19-/m0/s1. The Kier molecular flexibility index (Phi) is 4.27. The molecular formula is C22H18N3O2S+. The molecule has 6 heteroatoms. The number of quaternary nitrogens is 1. The van der Waals surface area contributed by atoms with Crippen molar-refractivity contribution in [3.63, 3.8) is 0 Å². The lowest BCUT2D eigenvalue weighted by Gasteiger charge is -2.14. The van der Waals surface area contributed by atoms with Crippen LogP contribution in [0.15, 0.2) is 81.3 Å². The highest BCUT2D eigenvalue weighted by atomic mass is 32.1. The Bertz CT molecular complexity index is 1290. The molecule has 0 bridgehead atoms. The second kappa shape index (κ2) is 7.07. The largest absolute Gasteiger partial charge is 0.449 e. The molecule has 5 aromatic rings. The molecule has 1 atom stereocenters. The molecule has 3 aromatic heterocycles. The topological polar surface area (TPSA) is 75.5 Å². The first-order chi connectivity index (χ1) is 13.8. The maximum atomic E-state index is 12.5. The fraction of sp³-hybridized carbons (Fsp3) is 0.0909. The van der Waals surface area contributed by atoms with E-state index < -0.39 is 0 Å². The van der Waals surface area contributed by atoms with E-state index in [-0.39, 0.29) is 17.2 Å². The van der Waals surface area contributed by atoms with Crippen LogP contribution in [0.1, 0.15) is 22.3 Å². The average Bonchev–Trinajstić information content (AvgIpc) is 3.38. The third-order valence-corrected chi connectivity index (χ3v) is 5.79.